The number of aryl methyl sites for hydroxylation is 1. The van der Waals surface area contributed by atoms with Crippen LogP contribution in [0, 0.1) is 6.92 Å². The molecule has 0 aliphatic carbocycles. The standard InChI is InChI=1S/C18H16ClN3O7/c1-9-11-3-2-10(6-13(11)29-18(26)16(9)19)27-8-15(24)20-12(7-23)17(25)21-14-4-5-28-22-14/h2-6,12,23H,7-8H2,1H3,(H,20,24)(H,21,22,25). The van der Waals surface area contributed by atoms with Crippen molar-refractivity contribution in [3.05, 3.63) is 51.5 Å². The molecule has 152 valence electrons. The molecule has 3 aromatic rings. The Labute approximate surface area is 168 Å². The molecule has 0 aliphatic rings. The zero-order valence-corrected chi connectivity index (χ0v) is 15.9. The number of amides is 2. The van der Waals surface area contributed by atoms with Gasteiger partial charge in [0.15, 0.2) is 12.4 Å². The lowest BCUT2D eigenvalue weighted by Crippen LogP contribution is -2.47. The van der Waals surface area contributed by atoms with Crippen LogP contribution in [0.2, 0.25) is 5.02 Å². The Morgan fingerprint density at radius 1 is 1.34 bits per heavy atom. The minimum absolute atomic E-state index is 0.00416. The summed E-state index contributed by atoms with van der Waals surface area (Å²) in [6.07, 6.45) is 1.26. The molecule has 3 N–H and O–H groups in total. The van der Waals surface area contributed by atoms with E-state index in [2.05, 4.69) is 20.3 Å². The predicted octanol–water partition coefficient (Wildman–Crippen LogP) is 1.24. The first-order valence-corrected chi connectivity index (χ1v) is 8.74. The Hall–Kier alpha value is -3.37. The van der Waals surface area contributed by atoms with E-state index in [1.54, 1.807) is 19.1 Å². The van der Waals surface area contributed by atoms with Crippen LogP contribution in [0.1, 0.15) is 5.56 Å². The summed E-state index contributed by atoms with van der Waals surface area (Å²) in [6, 6.07) is 4.88. The Bertz CT molecular complexity index is 1090. The summed E-state index contributed by atoms with van der Waals surface area (Å²) in [4.78, 5) is 35.8. The van der Waals surface area contributed by atoms with E-state index in [9.17, 15) is 19.5 Å². The monoisotopic (exact) mass is 421 g/mol. The van der Waals surface area contributed by atoms with Crippen molar-refractivity contribution in [2.45, 2.75) is 13.0 Å². The molecule has 0 saturated carbocycles. The molecular weight excluding hydrogens is 406 g/mol. The molecule has 0 aliphatic heterocycles. The third kappa shape index (κ3) is 4.73. The maximum absolute atomic E-state index is 12.1. The summed E-state index contributed by atoms with van der Waals surface area (Å²) in [5.41, 5.74) is 0.164. The van der Waals surface area contributed by atoms with Gasteiger partial charge < -0.3 is 29.4 Å². The summed E-state index contributed by atoms with van der Waals surface area (Å²) in [5, 5.41) is 18.2. The number of anilines is 1. The molecule has 0 fully saturated rings. The van der Waals surface area contributed by atoms with Crippen LogP contribution in [-0.4, -0.2) is 41.3 Å². The van der Waals surface area contributed by atoms with Crippen LogP contribution in [0.15, 0.2) is 44.3 Å². The highest BCUT2D eigenvalue weighted by molar-refractivity contribution is 6.31. The van der Waals surface area contributed by atoms with Gasteiger partial charge in [0.2, 0.25) is 0 Å². The number of ether oxygens (including phenoxy) is 1. The van der Waals surface area contributed by atoms with Gasteiger partial charge in [-0.05, 0) is 24.6 Å². The molecular formula is C18H16ClN3O7. The van der Waals surface area contributed by atoms with Gasteiger partial charge in [0.05, 0.1) is 6.61 Å². The van der Waals surface area contributed by atoms with E-state index in [0.717, 1.165) is 0 Å². The molecule has 11 heteroatoms. The van der Waals surface area contributed by atoms with Crippen molar-refractivity contribution in [1.82, 2.24) is 10.5 Å². The van der Waals surface area contributed by atoms with Crippen LogP contribution in [0.5, 0.6) is 5.75 Å². The summed E-state index contributed by atoms with van der Waals surface area (Å²) in [5.74, 6) is -0.903. The van der Waals surface area contributed by atoms with Gasteiger partial charge in [-0.25, -0.2) is 4.79 Å². The molecule has 2 aromatic heterocycles. The van der Waals surface area contributed by atoms with Gasteiger partial charge in [0, 0.05) is 17.5 Å². The number of aromatic nitrogens is 1. The Morgan fingerprint density at radius 2 is 2.14 bits per heavy atom. The van der Waals surface area contributed by atoms with E-state index < -0.39 is 36.7 Å². The van der Waals surface area contributed by atoms with Gasteiger partial charge >= 0.3 is 5.63 Å². The minimum Gasteiger partial charge on any atom is -0.484 e. The number of fused-ring (bicyclic) bond motifs is 1. The van der Waals surface area contributed by atoms with Crippen molar-refractivity contribution >= 4 is 40.2 Å². The normalized spacial score (nSPS) is 11.8. The topological polar surface area (TPSA) is 144 Å². The highest BCUT2D eigenvalue weighted by Gasteiger charge is 2.21. The number of benzene rings is 1. The first-order valence-electron chi connectivity index (χ1n) is 8.36. The fourth-order valence-corrected chi connectivity index (χ4v) is 2.61. The Kier molecular flexibility index (Phi) is 6.15. The van der Waals surface area contributed by atoms with E-state index >= 15 is 0 Å². The maximum atomic E-state index is 12.1. The smallest absolute Gasteiger partial charge is 0.355 e. The fraction of sp³-hybridized carbons (Fsp3) is 0.222. The van der Waals surface area contributed by atoms with Crippen LogP contribution >= 0.6 is 11.6 Å². The second-order valence-corrected chi connectivity index (χ2v) is 6.33. The van der Waals surface area contributed by atoms with Crippen molar-refractivity contribution in [2.24, 2.45) is 0 Å². The van der Waals surface area contributed by atoms with Gasteiger partial charge in [-0.3, -0.25) is 9.59 Å². The zero-order chi connectivity index (χ0) is 21.0. The molecule has 0 spiro atoms. The number of carbonyl (C=O) groups is 2. The van der Waals surface area contributed by atoms with E-state index in [4.69, 9.17) is 20.8 Å². The number of hydrogen-bond donors (Lipinski definition) is 3. The average Bonchev–Trinajstić information content (AvgIpc) is 3.21. The molecule has 10 nitrogen and oxygen atoms in total. The molecule has 29 heavy (non-hydrogen) atoms. The summed E-state index contributed by atoms with van der Waals surface area (Å²) in [6.45, 7) is 0.626. The van der Waals surface area contributed by atoms with Crippen LogP contribution in [-0.2, 0) is 9.59 Å². The number of hydrogen-bond acceptors (Lipinski definition) is 8. The average molecular weight is 422 g/mol. The number of aliphatic hydroxyl groups excluding tert-OH is 1. The second kappa shape index (κ2) is 8.76. The molecule has 0 radical (unpaired) electrons. The Balaban J connectivity index is 1.61. The zero-order valence-electron chi connectivity index (χ0n) is 15.1. The first kappa shape index (κ1) is 20.4. The number of rotatable bonds is 7. The van der Waals surface area contributed by atoms with Crippen LogP contribution < -0.4 is 21.0 Å². The van der Waals surface area contributed by atoms with E-state index in [1.807, 2.05) is 0 Å². The Morgan fingerprint density at radius 3 is 2.83 bits per heavy atom. The van der Waals surface area contributed by atoms with Crippen LogP contribution in [0.25, 0.3) is 11.0 Å². The van der Waals surface area contributed by atoms with Gasteiger partial charge in [-0.15, -0.1) is 0 Å². The third-order valence-corrected chi connectivity index (χ3v) is 4.40. The largest absolute Gasteiger partial charge is 0.484 e. The van der Waals surface area contributed by atoms with Crippen LogP contribution in [0.4, 0.5) is 5.82 Å². The van der Waals surface area contributed by atoms with Crippen molar-refractivity contribution in [3.8, 4) is 5.75 Å². The quantitative estimate of drug-likeness (QED) is 0.483. The first-order chi connectivity index (χ1) is 13.9. The molecule has 1 atom stereocenters. The van der Waals surface area contributed by atoms with E-state index in [1.165, 1.54) is 18.4 Å². The number of nitrogens with one attached hydrogen (secondary N) is 2. The molecule has 0 bridgehead atoms. The molecule has 1 aromatic carbocycles. The lowest BCUT2D eigenvalue weighted by molar-refractivity contribution is -0.128. The van der Waals surface area contributed by atoms with Gasteiger partial charge in [-0.2, -0.15) is 0 Å². The van der Waals surface area contributed by atoms with Crippen molar-refractivity contribution in [2.75, 3.05) is 18.5 Å². The third-order valence-electron chi connectivity index (χ3n) is 3.96. The van der Waals surface area contributed by atoms with Crippen molar-refractivity contribution in [1.29, 1.82) is 0 Å². The highest BCUT2D eigenvalue weighted by atomic mass is 35.5. The lowest BCUT2D eigenvalue weighted by atomic mass is 10.1. The minimum atomic E-state index is -1.21. The predicted molar refractivity (Wildman–Crippen MR) is 102 cm³/mol. The SMILES string of the molecule is Cc1c(Cl)c(=O)oc2cc(OCC(=O)NC(CO)C(=O)Nc3ccon3)ccc12. The number of carbonyl (C=O) groups excluding carboxylic acids is 2. The summed E-state index contributed by atoms with van der Waals surface area (Å²) >= 11 is 5.88. The van der Waals surface area contributed by atoms with E-state index in [0.29, 0.717) is 10.9 Å². The molecule has 2 heterocycles. The number of aliphatic hydroxyl groups is 1. The fourth-order valence-electron chi connectivity index (χ4n) is 2.47. The number of halogens is 1. The second-order valence-electron chi connectivity index (χ2n) is 5.95. The maximum Gasteiger partial charge on any atom is 0.355 e. The molecule has 1 unspecified atom stereocenters. The molecule has 2 amide bonds. The van der Waals surface area contributed by atoms with E-state index in [-0.39, 0.29) is 22.2 Å². The van der Waals surface area contributed by atoms with Gasteiger partial charge in [0.25, 0.3) is 11.8 Å². The summed E-state index contributed by atoms with van der Waals surface area (Å²) in [7, 11) is 0. The molecule has 0 saturated heterocycles. The summed E-state index contributed by atoms with van der Waals surface area (Å²) < 4.78 is 15.1. The van der Waals surface area contributed by atoms with Gasteiger partial charge in [0.1, 0.15) is 28.7 Å². The highest BCUT2D eigenvalue weighted by Crippen LogP contribution is 2.25. The molecule has 3 rings (SSSR count). The number of nitrogens with zero attached hydrogens (tertiary/aromatic N) is 1. The lowest BCUT2D eigenvalue weighted by Gasteiger charge is -2.15. The van der Waals surface area contributed by atoms with Crippen LogP contribution in [0.3, 0.4) is 0 Å². The van der Waals surface area contributed by atoms with Crippen molar-refractivity contribution < 1.29 is 28.4 Å². The van der Waals surface area contributed by atoms with Gasteiger partial charge in [-0.1, -0.05) is 16.8 Å². The van der Waals surface area contributed by atoms with Crippen molar-refractivity contribution in [3.63, 3.8) is 0 Å².